The molecule has 1 saturated carbocycles. The van der Waals surface area contributed by atoms with Gasteiger partial charge in [0, 0.05) is 38.5 Å². The monoisotopic (exact) mass is 308 g/mol. The Morgan fingerprint density at radius 1 is 1.27 bits per heavy atom. The van der Waals surface area contributed by atoms with Crippen molar-refractivity contribution < 1.29 is 14.3 Å². The number of likely N-dealkylation sites (N-methyl/N-ethyl adjacent to an activating group) is 1. The second-order valence-corrected chi connectivity index (χ2v) is 7.52. The van der Waals surface area contributed by atoms with E-state index in [0.717, 1.165) is 19.5 Å². The first-order valence-corrected chi connectivity index (χ1v) is 8.67. The molecule has 3 fully saturated rings. The van der Waals surface area contributed by atoms with Crippen molar-refractivity contribution in [1.29, 1.82) is 0 Å². The van der Waals surface area contributed by atoms with Crippen LogP contribution in [0.15, 0.2) is 0 Å². The zero-order valence-corrected chi connectivity index (χ0v) is 13.7. The van der Waals surface area contributed by atoms with E-state index >= 15 is 0 Å². The molecule has 0 aromatic heterocycles. The van der Waals surface area contributed by atoms with Gasteiger partial charge in [0.05, 0.1) is 6.61 Å². The lowest BCUT2D eigenvalue weighted by Crippen LogP contribution is -2.41. The minimum absolute atomic E-state index is 0.0452. The average Bonchev–Trinajstić information content (AvgIpc) is 2.86. The molecule has 3 rings (SSSR count). The van der Waals surface area contributed by atoms with Gasteiger partial charge in [-0.25, -0.2) is 0 Å². The zero-order chi connectivity index (χ0) is 15.6. The van der Waals surface area contributed by atoms with Gasteiger partial charge in [-0.05, 0) is 25.2 Å². The van der Waals surface area contributed by atoms with Crippen molar-refractivity contribution in [3.63, 3.8) is 0 Å². The summed E-state index contributed by atoms with van der Waals surface area (Å²) in [5, 5.41) is 0. The highest BCUT2D eigenvalue weighted by Crippen LogP contribution is 2.35. The first-order chi connectivity index (χ1) is 10.6. The van der Waals surface area contributed by atoms with Gasteiger partial charge in [0.25, 0.3) is 0 Å². The summed E-state index contributed by atoms with van der Waals surface area (Å²) in [6.45, 7) is 3.04. The number of nitrogens with zero attached hydrogens (tertiary/aromatic N) is 2. The Labute approximate surface area is 133 Å². The third-order valence-electron chi connectivity index (χ3n) is 5.61. The van der Waals surface area contributed by atoms with E-state index in [-0.39, 0.29) is 17.9 Å². The summed E-state index contributed by atoms with van der Waals surface area (Å²) >= 11 is 0. The molecule has 2 aliphatic heterocycles. The fourth-order valence-electron chi connectivity index (χ4n) is 4.26. The summed E-state index contributed by atoms with van der Waals surface area (Å²) in [5.41, 5.74) is -0.0524. The van der Waals surface area contributed by atoms with E-state index in [9.17, 15) is 9.59 Å². The van der Waals surface area contributed by atoms with Crippen LogP contribution < -0.4 is 0 Å². The van der Waals surface area contributed by atoms with Crippen LogP contribution in [0.25, 0.3) is 0 Å². The van der Waals surface area contributed by atoms with E-state index in [1.807, 2.05) is 11.9 Å². The van der Waals surface area contributed by atoms with Gasteiger partial charge >= 0.3 is 0 Å². The lowest BCUT2D eigenvalue weighted by atomic mass is 9.86. The molecule has 22 heavy (non-hydrogen) atoms. The summed E-state index contributed by atoms with van der Waals surface area (Å²) in [6, 6.07) is 0. The van der Waals surface area contributed by atoms with E-state index in [2.05, 4.69) is 0 Å². The van der Waals surface area contributed by atoms with Gasteiger partial charge in [-0.15, -0.1) is 0 Å². The van der Waals surface area contributed by atoms with Crippen molar-refractivity contribution in [3.8, 4) is 0 Å². The van der Waals surface area contributed by atoms with Crippen LogP contribution in [0, 0.1) is 11.3 Å². The zero-order valence-electron chi connectivity index (χ0n) is 13.7. The molecule has 2 saturated heterocycles. The van der Waals surface area contributed by atoms with Crippen LogP contribution >= 0.6 is 0 Å². The molecular weight excluding hydrogens is 280 g/mol. The van der Waals surface area contributed by atoms with Crippen LogP contribution in [-0.2, 0) is 14.3 Å². The summed E-state index contributed by atoms with van der Waals surface area (Å²) in [4.78, 5) is 28.1. The number of amides is 2. The molecule has 0 aromatic rings. The fraction of sp³-hybridized carbons (Fsp3) is 0.882. The molecule has 0 N–H and O–H groups in total. The smallest absolute Gasteiger partial charge is 0.248 e. The van der Waals surface area contributed by atoms with Crippen molar-refractivity contribution in [3.05, 3.63) is 0 Å². The molecule has 2 amide bonds. The van der Waals surface area contributed by atoms with Gasteiger partial charge in [-0.2, -0.15) is 0 Å². The van der Waals surface area contributed by atoms with Crippen LogP contribution in [0.2, 0.25) is 0 Å². The maximum absolute atomic E-state index is 12.6. The predicted molar refractivity (Wildman–Crippen MR) is 83.3 cm³/mol. The SMILES string of the molecule is CN1CC2(CCN(C(=O)CC3CCCCC3)C2)COCC1=O. The quantitative estimate of drug-likeness (QED) is 0.779. The van der Waals surface area contributed by atoms with Gasteiger partial charge in [0.15, 0.2) is 0 Å². The lowest BCUT2D eigenvalue weighted by molar-refractivity contribution is -0.132. The van der Waals surface area contributed by atoms with Crippen LogP contribution in [0.4, 0.5) is 0 Å². The number of hydrogen-bond acceptors (Lipinski definition) is 3. The van der Waals surface area contributed by atoms with Gasteiger partial charge < -0.3 is 14.5 Å². The average molecular weight is 308 g/mol. The Balaban J connectivity index is 1.56. The third kappa shape index (κ3) is 3.45. The molecule has 5 heteroatoms. The van der Waals surface area contributed by atoms with E-state index in [0.29, 0.717) is 31.4 Å². The maximum Gasteiger partial charge on any atom is 0.248 e. The highest BCUT2D eigenvalue weighted by atomic mass is 16.5. The molecule has 1 unspecified atom stereocenters. The molecule has 0 radical (unpaired) electrons. The molecule has 1 spiro atoms. The lowest BCUT2D eigenvalue weighted by Gasteiger charge is -2.30. The second kappa shape index (κ2) is 6.57. The Morgan fingerprint density at radius 3 is 2.82 bits per heavy atom. The molecule has 0 aromatic carbocycles. The van der Waals surface area contributed by atoms with Gasteiger partial charge in [0.1, 0.15) is 6.61 Å². The predicted octanol–water partition coefficient (Wildman–Crippen LogP) is 1.66. The number of carbonyl (C=O) groups excluding carboxylic acids is 2. The highest BCUT2D eigenvalue weighted by molar-refractivity contribution is 5.78. The van der Waals surface area contributed by atoms with Crippen molar-refractivity contribution >= 4 is 11.8 Å². The van der Waals surface area contributed by atoms with E-state index < -0.39 is 0 Å². The van der Waals surface area contributed by atoms with Crippen molar-refractivity contribution in [2.24, 2.45) is 11.3 Å². The van der Waals surface area contributed by atoms with Crippen LogP contribution in [0.5, 0.6) is 0 Å². The number of likely N-dealkylation sites (tertiary alicyclic amines) is 1. The number of carbonyl (C=O) groups is 2. The largest absolute Gasteiger partial charge is 0.371 e. The first-order valence-electron chi connectivity index (χ1n) is 8.67. The normalized spacial score (nSPS) is 30.9. The van der Waals surface area contributed by atoms with E-state index in [1.165, 1.54) is 32.1 Å². The summed E-state index contributed by atoms with van der Waals surface area (Å²) < 4.78 is 5.56. The molecule has 0 bridgehead atoms. The highest BCUT2D eigenvalue weighted by Gasteiger charge is 2.43. The van der Waals surface area contributed by atoms with E-state index in [4.69, 9.17) is 4.74 Å². The van der Waals surface area contributed by atoms with Gasteiger partial charge in [-0.1, -0.05) is 19.3 Å². The Kier molecular flexibility index (Phi) is 4.71. The summed E-state index contributed by atoms with van der Waals surface area (Å²) in [6.07, 6.45) is 7.98. The molecule has 5 nitrogen and oxygen atoms in total. The molecule has 124 valence electrons. The number of rotatable bonds is 2. The minimum atomic E-state index is -0.0524. The summed E-state index contributed by atoms with van der Waals surface area (Å²) in [7, 11) is 1.84. The molecular formula is C17H28N2O3. The van der Waals surface area contributed by atoms with Crippen molar-refractivity contribution in [1.82, 2.24) is 9.80 Å². The first kappa shape index (κ1) is 15.8. The Hall–Kier alpha value is -1.10. The molecule has 1 atom stereocenters. The number of hydrogen-bond donors (Lipinski definition) is 0. The number of ether oxygens (including phenoxy) is 1. The van der Waals surface area contributed by atoms with Crippen molar-refractivity contribution in [2.45, 2.75) is 44.9 Å². The second-order valence-electron chi connectivity index (χ2n) is 7.52. The van der Waals surface area contributed by atoms with Crippen molar-refractivity contribution in [2.75, 3.05) is 39.9 Å². The van der Waals surface area contributed by atoms with Crippen LogP contribution in [-0.4, -0.2) is 61.5 Å². The maximum atomic E-state index is 12.6. The van der Waals surface area contributed by atoms with Gasteiger partial charge in [0.2, 0.25) is 11.8 Å². The molecule has 3 aliphatic rings. The fourth-order valence-corrected chi connectivity index (χ4v) is 4.26. The van der Waals surface area contributed by atoms with Gasteiger partial charge in [-0.3, -0.25) is 9.59 Å². The minimum Gasteiger partial charge on any atom is -0.371 e. The van der Waals surface area contributed by atoms with E-state index in [1.54, 1.807) is 4.90 Å². The topological polar surface area (TPSA) is 49.9 Å². The molecule has 1 aliphatic carbocycles. The Morgan fingerprint density at radius 2 is 2.05 bits per heavy atom. The summed E-state index contributed by atoms with van der Waals surface area (Å²) in [5.74, 6) is 0.943. The standard InChI is InChI=1S/C17H28N2O3/c1-18-11-17(13-22-10-16(18)21)7-8-19(12-17)15(20)9-14-5-3-2-4-6-14/h14H,2-13H2,1H3. The van der Waals surface area contributed by atoms with Crippen LogP contribution in [0.1, 0.15) is 44.9 Å². The Bertz CT molecular complexity index is 434. The third-order valence-corrected chi connectivity index (χ3v) is 5.61. The van der Waals surface area contributed by atoms with Crippen LogP contribution in [0.3, 0.4) is 0 Å². The molecule has 2 heterocycles.